The highest BCUT2D eigenvalue weighted by atomic mass is 19.1. The zero-order valence-electron chi connectivity index (χ0n) is 12.1. The van der Waals surface area contributed by atoms with Crippen LogP contribution in [0.4, 0.5) is 4.39 Å². The first-order valence-corrected chi connectivity index (χ1v) is 7.02. The smallest absolute Gasteiger partial charge is 0.232 e. The van der Waals surface area contributed by atoms with E-state index in [1.807, 2.05) is 30.3 Å². The minimum Gasteiger partial charge on any atom is -0.487 e. The van der Waals surface area contributed by atoms with E-state index in [4.69, 9.17) is 4.74 Å². The molecule has 0 unspecified atom stereocenters. The van der Waals surface area contributed by atoms with E-state index in [1.165, 1.54) is 30.6 Å². The van der Waals surface area contributed by atoms with Gasteiger partial charge in [0.25, 0.3) is 0 Å². The number of carbonyl (C=O) groups excluding carboxylic acids is 1. The van der Waals surface area contributed by atoms with Gasteiger partial charge in [-0.1, -0.05) is 30.3 Å². The molecule has 0 aliphatic carbocycles. The Balaban J connectivity index is 1.70. The molecule has 3 aromatic rings. The summed E-state index contributed by atoms with van der Waals surface area (Å²) >= 11 is 0. The normalized spacial score (nSPS) is 10.3. The fraction of sp³-hybridized carbons (Fsp3) is 0.0556. The Kier molecular flexibility index (Phi) is 4.38. The van der Waals surface area contributed by atoms with Crippen molar-refractivity contribution in [3.63, 3.8) is 0 Å². The first-order chi connectivity index (χ1) is 11.2. The third-order valence-corrected chi connectivity index (χ3v) is 3.19. The van der Waals surface area contributed by atoms with Crippen LogP contribution >= 0.6 is 0 Å². The van der Waals surface area contributed by atoms with Crippen LogP contribution in [-0.2, 0) is 6.61 Å². The van der Waals surface area contributed by atoms with Crippen LogP contribution in [0.3, 0.4) is 0 Å². The van der Waals surface area contributed by atoms with Crippen molar-refractivity contribution in [3.05, 3.63) is 89.8 Å². The zero-order valence-corrected chi connectivity index (χ0v) is 12.1. The van der Waals surface area contributed by atoms with Gasteiger partial charge in [0.05, 0.1) is 6.20 Å². The highest BCUT2D eigenvalue weighted by Crippen LogP contribution is 2.14. The van der Waals surface area contributed by atoms with Crippen molar-refractivity contribution in [2.24, 2.45) is 0 Å². The third kappa shape index (κ3) is 3.58. The molecule has 114 valence electrons. The van der Waals surface area contributed by atoms with Gasteiger partial charge in [0.1, 0.15) is 23.7 Å². The molecule has 0 bridgehead atoms. The number of nitrogens with zero attached hydrogens (tertiary/aromatic N) is 2. The molecule has 0 amide bonds. The predicted molar refractivity (Wildman–Crippen MR) is 82.6 cm³/mol. The Morgan fingerprint density at radius 1 is 1.00 bits per heavy atom. The SMILES string of the molecule is O=C(c1ccc(OCc2ccccc2)cn1)c1ncccc1F. The first-order valence-electron chi connectivity index (χ1n) is 7.02. The van der Waals surface area contributed by atoms with Crippen LogP contribution in [0.1, 0.15) is 21.7 Å². The van der Waals surface area contributed by atoms with E-state index in [9.17, 15) is 9.18 Å². The second-order valence-electron chi connectivity index (χ2n) is 4.82. The number of halogens is 1. The molecule has 4 nitrogen and oxygen atoms in total. The summed E-state index contributed by atoms with van der Waals surface area (Å²) in [5.74, 6) is -0.687. The van der Waals surface area contributed by atoms with Gasteiger partial charge in [0.2, 0.25) is 5.78 Å². The Morgan fingerprint density at radius 2 is 1.83 bits per heavy atom. The second-order valence-corrected chi connectivity index (χ2v) is 4.82. The van der Waals surface area contributed by atoms with Gasteiger partial charge in [-0.15, -0.1) is 0 Å². The maximum absolute atomic E-state index is 13.6. The summed E-state index contributed by atoms with van der Waals surface area (Å²) in [5, 5.41) is 0. The van der Waals surface area contributed by atoms with Gasteiger partial charge in [0.15, 0.2) is 5.82 Å². The molecule has 5 heteroatoms. The summed E-state index contributed by atoms with van der Waals surface area (Å²) in [6.07, 6.45) is 2.81. The average Bonchev–Trinajstić information content (AvgIpc) is 2.61. The lowest BCUT2D eigenvalue weighted by Crippen LogP contribution is -2.08. The molecule has 0 aliphatic heterocycles. The van der Waals surface area contributed by atoms with E-state index < -0.39 is 11.6 Å². The number of aromatic nitrogens is 2. The van der Waals surface area contributed by atoms with E-state index >= 15 is 0 Å². The molecular formula is C18H13FN2O2. The molecule has 0 aliphatic rings. The van der Waals surface area contributed by atoms with E-state index in [0.717, 1.165) is 5.56 Å². The molecular weight excluding hydrogens is 295 g/mol. The van der Waals surface area contributed by atoms with Crippen molar-refractivity contribution < 1.29 is 13.9 Å². The Bertz CT molecular complexity index is 805. The maximum Gasteiger partial charge on any atom is 0.232 e. The van der Waals surface area contributed by atoms with Crippen molar-refractivity contribution >= 4 is 5.78 Å². The molecule has 2 heterocycles. The van der Waals surface area contributed by atoms with Crippen molar-refractivity contribution in [1.29, 1.82) is 0 Å². The van der Waals surface area contributed by atoms with Gasteiger partial charge in [-0.05, 0) is 29.8 Å². The van der Waals surface area contributed by atoms with Crippen LogP contribution in [0.25, 0.3) is 0 Å². The third-order valence-electron chi connectivity index (χ3n) is 3.19. The highest BCUT2D eigenvalue weighted by molar-refractivity contribution is 6.06. The van der Waals surface area contributed by atoms with Gasteiger partial charge in [0, 0.05) is 6.20 Å². The van der Waals surface area contributed by atoms with Crippen LogP contribution in [0.5, 0.6) is 5.75 Å². The summed E-state index contributed by atoms with van der Waals surface area (Å²) < 4.78 is 19.2. The lowest BCUT2D eigenvalue weighted by molar-refractivity contribution is 0.102. The summed E-state index contributed by atoms with van der Waals surface area (Å²) in [6, 6.07) is 15.4. The number of rotatable bonds is 5. The van der Waals surface area contributed by atoms with Crippen molar-refractivity contribution in [1.82, 2.24) is 9.97 Å². The number of ether oxygens (including phenoxy) is 1. The number of hydrogen-bond acceptors (Lipinski definition) is 4. The predicted octanol–water partition coefficient (Wildman–Crippen LogP) is 3.43. The maximum atomic E-state index is 13.6. The van der Waals surface area contributed by atoms with Crippen molar-refractivity contribution in [2.75, 3.05) is 0 Å². The fourth-order valence-corrected chi connectivity index (χ4v) is 2.01. The zero-order chi connectivity index (χ0) is 16.1. The van der Waals surface area contributed by atoms with Gasteiger partial charge in [-0.3, -0.25) is 4.79 Å². The molecule has 0 radical (unpaired) electrons. The van der Waals surface area contributed by atoms with E-state index in [2.05, 4.69) is 9.97 Å². The monoisotopic (exact) mass is 308 g/mol. The quantitative estimate of drug-likeness (QED) is 0.678. The topological polar surface area (TPSA) is 52.1 Å². The summed E-state index contributed by atoms with van der Waals surface area (Å²) in [6.45, 7) is 0.407. The van der Waals surface area contributed by atoms with Crippen LogP contribution in [0.2, 0.25) is 0 Å². The van der Waals surface area contributed by atoms with Gasteiger partial charge >= 0.3 is 0 Å². The Labute approximate surface area is 132 Å². The number of pyridine rings is 2. The van der Waals surface area contributed by atoms with Crippen LogP contribution < -0.4 is 4.74 Å². The Morgan fingerprint density at radius 3 is 2.52 bits per heavy atom. The summed E-state index contributed by atoms with van der Waals surface area (Å²) in [4.78, 5) is 19.9. The Hall–Kier alpha value is -3.08. The molecule has 0 saturated heterocycles. The van der Waals surface area contributed by atoms with Gasteiger partial charge in [-0.2, -0.15) is 0 Å². The van der Waals surface area contributed by atoms with Gasteiger partial charge in [-0.25, -0.2) is 14.4 Å². The van der Waals surface area contributed by atoms with Crippen LogP contribution in [0, 0.1) is 5.82 Å². The number of hydrogen-bond donors (Lipinski definition) is 0. The minimum atomic E-state index is -0.663. The molecule has 0 saturated carbocycles. The van der Waals surface area contributed by atoms with Crippen molar-refractivity contribution in [3.8, 4) is 5.75 Å². The van der Waals surface area contributed by atoms with Crippen molar-refractivity contribution in [2.45, 2.75) is 6.61 Å². The van der Waals surface area contributed by atoms with E-state index in [1.54, 1.807) is 6.07 Å². The number of carbonyl (C=O) groups is 1. The summed E-state index contributed by atoms with van der Waals surface area (Å²) in [7, 11) is 0. The van der Waals surface area contributed by atoms with E-state index in [0.29, 0.717) is 12.4 Å². The van der Waals surface area contributed by atoms with E-state index in [-0.39, 0.29) is 11.4 Å². The fourth-order valence-electron chi connectivity index (χ4n) is 2.01. The number of benzene rings is 1. The highest BCUT2D eigenvalue weighted by Gasteiger charge is 2.16. The molecule has 3 rings (SSSR count). The van der Waals surface area contributed by atoms with Gasteiger partial charge < -0.3 is 4.74 Å². The molecule has 0 fully saturated rings. The van der Waals surface area contributed by atoms with Crippen LogP contribution in [-0.4, -0.2) is 15.8 Å². The number of ketones is 1. The molecule has 2 aromatic heterocycles. The molecule has 0 atom stereocenters. The minimum absolute atomic E-state index is 0.120. The molecule has 1 aromatic carbocycles. The largest absolute Gasteiger partial charge is 0.487 e. The molecule has 0 spiro atoms. The van der Waals surface area contributed by atoms with Crippen LogP contribution in [0.15, 0.2) is 67.0 Å². The molecule has 0 N–H and O–H groups in total. The standard InChI is InChI=1S/C18H13FN2O2/c19-15-7-4-10-20-17(15)18(22)16-9-8-14(11-21-16)23-12-13-5-2-1-3-6-13/h1-11H,12H2. The second kappa shape index (κ2) is 6.79. The summed E-state index contributed by atoms with van der Waals surface area (Å²) in [5.41, 5.74) is 0.913. The lowest BCUT2D eigenvalue weighted by atomic mass is 10.1. The first kappa shape index (κ1) is 14.8. The lowest BCUT2D eigenvalue weighted by Gasteiger charge is -2.06. The molecule has 23 heavy (non-hydrogen) atoms. The average molecular weight is 308 g/mol.